The van der Waals surface area contributed by atoms with Crippen LogP contribution in [-0.2, 0) is 22.5 Å². The van der Waals surface area contributed by atoms with Crippen LogP contribution in [0.15, 0.2) is 6.33 Å². The van der Waals surface area contributed by atoms with Gasteiger partial charge in [0.15, 0.2) is 0 Å². The molecule has 7 nitrogen and oxygen atoms in total. The largest absolute Gasteiger partial charge is 0.480 e. The molecule has 0 aliphatic carbocycles. The van der Waals surface area contributed by atoms with E-state index in [9.17, 15) is 14.7 Å². The fourth-order valence-electron chi connectivity index (χ4n) is 1.97. The normalized spacial score (nSPS) is 18.9. The maximum absolute atomic E-state index is 12.1. The van der Waals surface area contributed by atoms with E-state index in [1.165, 1.54) is 11.2 Å². The highest BCUT2D eigenvalue weighted by Gasteiger charge is 2.38. The summed E-state index contributed by atoms with van der Waals surface area (Å²) in [5.41, 5.74) is 0.782. The molecule has 1 aliphatic rings. The van der Waals surface area contributed by atoms with Gasteiger partial charge >= 0.3 is 12.1 Å². The van der Waals surface area contributed by atoms with Gasteiger partial charge in [0.25, 0.3) is 0 Å². The van der Waals surface area contributed by atoms with E-state index in [1.807, 2.05) is 0 Å². The number of amides is 1. The summed E-state index contributed by atoms with van der Waals surface area (Å²) in [5.74, 6) is -1.06. The molecule has 0 fully saturated rings. The maximum Gasteiger partial charge on any atom is 0.411 e. The SMILES string of the molecule is CC(C)(C)OC(=O)N1Cc2[nH]cnc2C[C@@H]1C(=O)O. The summed E-state index contributed by atoms with van der Waals surface area (Å²) >= 11 is 0. The van der Waals surface area contributed by atoms with Crippen LogP contribution < -0.4 is 0 Å². The van der Waals surface area contributed by atoms with Crippen molar-refractivity contribution in [3.63, 3.8) is 0 Å². The molecular weight excluding hydrogens is 250 g/mol. The Morgan fingerprint density at radius 2 is 2.21 bits per heavy atom. The summed E-state index contributed by atoms with van der Waals surface area (Å²) in [4.78, 5) is 31.5. The number of H-pyrrole nitrogens is 1. The topological polar surface area (TPSA) is 95.5 Å². The molecule has 19 heavy (non-hydrogen) atoms. The minimum Gasteiger partial charge on any atom is -0.480 e. The van der Waals surface area contributed by atoms with Crippen LogP contribution in [0.2, 0.25) is 0 Å². The summed E-state index contributed by atoms with van der Waals surface area (Å²) in [7, 11) is 0. The molecule has 0 saturated heterocycles. The van der Waals surface area contributed by atoms with Crippen molar-refractivity contribution in [1.82, 2.24) is 14.9 Å². The Labute approximate surface area is 110 Å². The number of aromatic nitrogens is 2. The first-order valence-corrected chi connectivity index (χ1v) is 6.01. The molecule has 0 unspecified atom stereocenters. The number of carbonyl (C=O) groups is 2. The van der Waals surface area contributed by atoms with Crippen LogP contribution in [0.1, 0.15) is 32.2 Å². The quantitative estimate of drug-likeness (QED) is 0.796. The zero-order valence-electron chi connectivity index (χ0n) is 11.1. The van der Waals surface area contributed by atoms with Crippen molar-refractivity contribution >= 4 is 12.1 Å². The summed E-state index contributed by atoms with van der Waals surface area (Å²) < 4.78 is 5.24. The average Bonchev–Trinajstić information content (AvgIpc) is 2.71. The molecule has 7 heteroatoms. The average molecular weight is 267 g/mol. The van der Waals surface area contributed by atoms with Crippen molar-refractivity contribution in [2.75, 3.05) is 0 Å². The molecule has 2 heterocycles. The number of carboxylic acid groups (broad SMARTS) is 1. The fourth-order valence-corrected chi connectivity index (χ4v) is 1.97. The van der Waals surface area contributed by atoms with E-state index in [0.29, 0.717) is 5.69 Å². The molecule has 1 aromatic heterocycles. The van der Waals surface area contributed by atoms with Gasteiger partial charge in [0.1, 0.15) is 11.6 Å². The monoisotopic (exact) mass is 267 g/mol. The number of hydrogen-bond acceptors (Lipinski definition) is 4. The van der Waals surface area contributed by atoms with Gasteiger partial charge in [-0.05, 0) is 20.8 Å². The highest BCUT2D eigenvalue weighted by Crippen LogP contribution is 2.23. The molecule has 0 aromatic carbocycles. The Bertz CT molecular complexity index is 503. The summed E-state index contributed by atoms with van der Waals surface area (Å²) in [5, 5.41) is 9.23. The second-order valence-electron chi connectivity index (χ2n) is 5.49. The van der Waals surface area contributed by atoms with Crippen molar-refractivity contribution in [3.8, 4) is 0 Å². The Morgan fingerprint density at radius 1 is 1.53 bits per heavy atom. The van der Waals surface area contributed by atoms with Gasteiger partial charge in [-0.2, -0.15) is 0 Å². The molecule has 1 aromatic rings. The highest BCUT2D eigenvalue weighted by molar-refractivity contribution is 5.81. The molecule has 0 spiro atoms. The zero-order valence-corrected chi connectivity index (χ0v) is 11.1. The number of rotatable bonds is 1. The number of carbonyl (C=O) groups excluding carboxylic acids is 1. The Kier molecular flexibility index (Phi) is 3.21. The molecule has 104 valence electrons. The zero-order chi connectivity index (χ0) is 14.2. The summed E-state index contributed by atoms with van der Waals surface area (Å²) in [6.07, 6.45) is 1.07. The van der Waals surface area contributed by atoms with E-state index in [0.717, 1.165) is 5.69 Å². The lowest BCUT2D eigenvalue weighted by Crippen LogP contribution is -2.50. The van der Waals surface area contributed by atoms with Gasteiger partial charge in [0.05, 0.1) is 24.3 Å². The number of imidazole rings is 1. The third-order valence-corrected chi connectivity index (χ3v) is 2.81. The summed E-state index contributed by atoms with van der Waals surface area (Å²) in [6, 6.07) is -0.939. The van der Waals surface area contributed by atoms with Gasteiger partial charge < -0.3 is 14.8 Å². The van der Waals surface area contributed by atoms with Crippen LogP contribution in [-0.4, -0.2) is 43.7 Å². The number of carboxylic acids is 1. The van der Waals surface area contributed by atoms with Crippen LogP contribution in [0.25, 0.3) is 0 Å². The van der Waals surface area contributed by atoms with Crippen LogP contribution in [0.4, 0.5) is 4.79 Å². The van der Waals surface area contributed by atoms with Crippen LogP contribution in [0.5, 0.6) is 0 Å². The van der Waals surface area contributed by atoms with E-state index < -0.39 is 23.7 Å². The second kappa shape index (κ2) is 4.56. The molecule has 0 radical (unpaired) electrons. The van der Waals surface area contributed by atoms with Crippen LogP contribution in [0, 0.1) is 0 Å². The third-order valence-electron chi connectivity index (χ3n) is 2.81. The van der Waals surface area contributed by atoms with E-state index in [4.69, 9.17) is 4.74 Å². The van der Waals surface area contributed by atoms with Gasteiger partial charge in [-0.25, -0.2) is 14.6 Å². The number of aliphatic carboxylic acids is 1. The van der Waals surface area contributed by atoms with E-state index in [1.54, 1.807) is 20.8 Å². The molecule has 2 rings (SSSR count). The first kappa shape index (κ1) is 13.4. The summed E-state index contributed by atoms with van der Waals surface area (Å²) in [6.45, 7) is 5.39. The van der Waals surface area contributed by atoms with Crippen molar-refractivity contribution in [3.05, 3.63) is 17.7 Å². The highest BCUT2D eigenvalue weighted by atomic mass is 16.6. The molecule has 0 saturated carbocycles. The molecule has 1 atom stereocenters. The fraction of sp³-hybridized carbons (Fsp3) is 0.583. The van der Waals surface area contributed by atoms with Crippen LogP contribution >= 0.6 is 0 Å². The number of fused-ring (bicyclic) bond motifs is 1. The number of nitrogens with one attached hydrogen (secondary N) is 1. The van der Waals surface area contributed by atoms with Gasteiger partial charge in [0, 0.05) is 6.42 Å². The van der Waals surface area contributed by atoms with Crippen molar-refractivity contribution in [2.24, 2.45) is 0 Å². The van der Waals surface area contributed by atoms with Crippen molar-refractivity contribution in [2.45, 2.75) is 45.4 Å². The van der Waals surface area contributed by atoms with Crippen molar-refractivity contribution < 1.29 is 19.4 Å². The molecular formula is C12H17N3O4. The minimum absolute atomic E-state index is 0.168. The number of nitrogens with zero attached hydrogens (tertiary/aromatic N) is 2. The van der Waals surface area contributed by atoms with Gasteiger partial charge in [-0.15, -0.1) is 0 Å². The van der Waals surface area contributed by atoms with E-state index in [-0.39, 0.29) is 13.0 Å². The first-order chi connectivity index (χ1) is 8.78. The maximum atomic E-state index is 12.1. The lowest BCUT2D eigenvalue weighted by molar-refractivity contribution is -0.143. The van der Waals surface area contributed by atoms with Crippen LogP contribution in [0.3, 0.4) is 0 Å². The predicted octanol–water partition coefficient (Wildman–Crippen LogP) is 1.16. The van der Waals surface area contributed by atoms with Crippen molar-refractivity contribution in [1.29, 1.82) is 0 Å². The second-order valence-corrected chi connectivity index (χ2v) is 5.49. The van der Waals surface area contributed by atoms with E-state index in [2.05, 4.69) is 9.97 Å². The van der Waals surface area contributed by atoms with Gasteiger partial charge in [-0.1, -0.05) is 0 Å². The first-order valence-electron chi connectivity index (χ1n) is 6.01. The van der Waals surface area contributed by atoms with Gasteiger partial charge in [0.2, 0.25) is 0 Å². The number of aromatic amines is 1. The standard InChI is InChI=1S/C12H17N3O4/c1-12(2,3)19-11(18)15-5-8-7(13-6-14-8)4-9(15)10(16)17/h6,9H,4-5H2,1-3H3,(H,13,14)(H,16,17)/t9-/m1/s1. The Morgan fingerprint density at radius 3 is 2.79 bits per heavy atom. The van der Waals surface area contributed by atoms with Gasteiger partial charge in [-0.3, -0.25) is 4.90 Å². The lowest BCUT2D eigenvalue weighted by atomic mass is 10.0. The minimum atomic E-state index is -1.06. The molecule has 2 N–H and O–H groups in total. The smallest absolute Gasteiger partial charge is 0.411 e. The lowest BCUT2D eigenvalue weighted by Gasteiger charge is -2.33. The Hall–Kier alpha value is -2.05. The van der Waals surface area contributed by atoms with E-state index >= 15 is 0 Å². The molecule has 1 amide bonds. The number of hydrogen-bond donors (Lipinski definition) is 2. The molecule has 1 aliphatic heterocycles. The third kappa shape index (κ3) is 2.86. The number of ether oxygens (including phenoxy) is 1. The predicted molar refractivity (Wildman–Crippen MR) is 65.5 cm³/mol. The molecule has 0 bridgehead atoms. The Balaban J connectivity index is 2.22.